The lowest BCUT2D eigenvalue weighted by atomic mass is 10.2. The molecular weight excluding hydrogens is 354 g/mol. The van der Waals surface area contributed by atoms with Gasteiger partial charge in [-0.05, 0) is 40.3 Å². The van der Waals surface area contributed by atoms with Gasteiger partial charge in [0.2, 0.25) is 0 Å². The van der Waals surface area contributed by atoms with Gasteiger partial charge in [-0.1, -0.05) is 45.7 Å². The molecule has 0 fully saturated rings. The van der Waals surface area contributed by atoms with Gasteiger partial charge >= 0.3 is 0 Å². The fourth-order valence-corrected chi connectivity index (χ4v) is 2.70. The number of nitrogens with two attached hydrogens (primary N) is 1. The molecule has 106 valence electrons. The maximum absolute atomic E-state index is 6.04. The SMILES string of the molecule is Nc1cc(Cl)cc(-c2nnnn2Cc2ccccc2Br)c1. The highest BCUT2D eigenvalue weighted by molar-refractivity contribution is 9.10. The smallest absolute Gasteiger partial charge is 0.182 e. The molecule has 3 aromatic rings. The molecule has 0 aliphatic heterocycles. The highest BCUT2D eigenvalue weighted by atomic mass is 79.9. The van der Waals surface area contributed by atoms with Gasteiger partial charge in [0.05, 0.1) is 6.54 Å². The van der Waals surface area contributed by atoms with E-state index in [1.807, 2.05) is 24.3 Å². The van der Waals surface area contributed by atoms with Crippen LogP contribution in [0.15, 0.2) is 46.9 Å². The molecule has 0 saturated carbocycles. The van der Waals surface area contributed by atoms with Gasteiger partial charge in [0.15, 0.2) is 5.82 Å². The van der Waals surface area contributed by atoms with Crippen molar-refractivity contribution in [3.8, 4) is 11.4 Å². The highest BCUT2D eigenvalue weighted by Crippen LogP contribution is 2.25. The second-order valence-electron chi connectivity index (χ2n) is 4.52. The minimum atomic E-state index is 0.552. The van der Waals surface area contributed by atoms with Crippen LogP contribution >= 0.6 is 27.5 Å². The van der Waals surface area contributed by atoms with Crippen molar-refractivity contribution < 1.29 is 0 Å². The summed E-state index contributed by atoms with van der Waals surface area (Å²) in [6, 6.07) is 13.2. The molecule has 2 N–H and O–H groups in total. The third-order valence-electron chi connectivity index (χ3n) is 2.99. The molecule has 5 nitrogen and oxygen atoms in total. The molecule has 2 aromatic carbocycles. The molecule has 0 aliphatic carbocycles. The molecule has 1 heterocycles. The number of nitrogen functional groups attached to an aromatic ring is 1. The normalized spacial score (nSPS) is 10.8. The Kier molecular flexibility index (Phi) is 3.90. The lowest BCUT2D eigenvalue weighted by Crippen LogP contribution is -2.05. The Balaban J connectivity index is 1.99. The molecule has 0 spiro atoms. The van der Waals surface area contributed by atoms with Gasteiger partial charge in [-0.15, -0.1) is 5.10 Å². The van der Waals surface area contributed by atoms with E-state index in [0.717, 1.165) is 15.6 Å². The van der Waals surface area contributed by atoms with E-state index in [2.05, 4.69) is 31.5 Å². The molecule has 21 heavy (non-hydrogen) atoms. The number of halogens is 2. The van der Waals surface area contributed by atoms with E-state index >= 15 is 0 Å². The summed E-state index contributed by atoms with van der Waals surface area (Å²) in [7, 11) is 0. The zero-order chi connectivity index (χ0) is 14.8. The van der Waals surface area contributed by atoms with E-state index in [0.29, 0.717) is 23.1 Å². The number of aromatic nitrogens is 4. The average Bonchev–Trinajstić information content (AvgIpc) is 2.88. The quantitative estimate of drug-likeness (QED) is 0.723. The van der Waals surface area contributed by atoms with Crippen LogP contribution in [0.1, 0.15) is 5.56 Å². The minimum Gasteiger partial charge on any atom is -0.399 e. The predicted molar refractivity (Wildman–Crippen MR) is 85.9 cm³/mol. The van der Waals surface area contributed by atoms with Crippen LogP contribution in [0.5, 0.6) is 0 Å². The van der Waals surface area contributed by atoms with Crippen molar-refractivity contribution in [2.45, 2.75) is 6.54 Å². The van der Waals surface area contributed by atoms with Crippen molar-refractivity contribution in [3.05, 3.63) is 57.5 Å². The van der Waals surface area contributed by atoms with Crippen LogP contribution in [0.2, 0.25) is 5.02 Å². The number of benzene rings is 2. The van der Waals surface area contributed by atoms with Crippen LogP contribution in [0.3, 0.4) is 0 Å². The van der Waals surface area contributed by atoms with Crippen molar-refractivity contribution in [2.75, 3.05) is 5.73 Å². The number of anilines is 1. The lowest BCUT2D eigenvalue weighted by molar-refractivity contribution is 0.652. The van der Waals surface area contributed by atoms with Crippen LogP contribution in [0.25, 0.3) is 11.4 Å². The van der Waals surface area contributed by atoms with Crippen molar-refractivity contribution in [2.24, 2.45) is 0 Å². The van der Waals surface area contributed by atoms with E-state index in [9.17, 15) is 0 Å². The number of rotatable bonds is 3. The van der Waals surface area contributed by atoms with Crippen LogP contribution in [-0.2, 0) is 6.54 Å². The summed E-state index contributed by atoms with van der Waals surface area (Å²) in [5.41, 5.74) is 8.27. The van der Waals surface area contributed by atoms with Crippen molar-refractivity contribution in [3.63, 3.8) is 0 Å². The first kappa shape index (κ1) is 14.0. The molecule has 0 unspecified atom stereocenters. The number of hydrogen-bond acceptors (Lipinski definition) is 4. The summed E-state index contributed by atoms with van der Waals surface area (Å²) < 4.78 is 2.72. The van der Waals surface area contributed by atoms with Gasteiger partial charge in [-0.25, -0.2) is 4.68 Å². The van der Waals surface area contributed by atoms with Gasteiger partial charge < -0.3 is 5.73 Å². The third kappa shape index (κ3) is 3.06. The van der Waals surface area contributed by atoms with Gasteiger partial charge in [0.25, 0.3) is 0 Å². The Bertz CT molecular complexity index is 766. The summed E-state index contributed by atoms with van der Waals surface area (Å²) >= 11 is 9.56. The second kappa shape index (κ2) is 5.83. The Hall–Kier alpha value is -1.92. The molecule has 0 bridgehead atoms. The first-order valence-electron chi connectivity index (χ1n) is 6.19. The first-order valence-corrected chi connectivity index (χ1v) is 7.36. The summed E-state index contributed by atoms with van der Waals surface area (Å²) in [4.78, 5) is 0. The predicted octanol–water partition coefficient (Wildman–Crippen LogP) is 3.39. The van der Waals surface area contributed by atoms with E-state index in [1.165, 1.54) is 0 Å². The fourth-order valence-electron chi connectivity index (χ4n) is 2.05. The van der Waals surface area contributed by atoms with Crippen molar-refractivity contribution in [1.82, 2.24) is 20.2 Å². The molecule has 1 aromatic heterocycles. The van der Waals surface area contributed by atoms with Crippen molar-refractivity contribution >= 4 is 33.2 Å². The van der Waals surface area contributed by atoms with Crippen LogP contribution in [0, 0.1) is 0 Å². The average molecular weight is 365 g/mol. The largest absolute Gasteiger partial charge is 0.399 e. The summed E-state index contributed by atoms with van der Waals surface area (Å²) in [5, 5.41) is 12.4. The minimum absolute atomic E-state index is 0.552. The van der Waals surface area contributed by atoms with Crippen LogP contribution in [0.4, 0.5) is 5.69 Å². The first-order chi connectivity index (χ1) is 10.1. The summed E-state index contributed by atoms with van der Waals surface area (Å²) in [6.07, 6.45) is 0. The van der Waals surface area contributed by atoms with Crippen LogP contribution in [-0.4, -0.2) is 20.2 Å². The number of tetrazole rings is 1. The number of nitrogens with zero attached hydrogens (tertiary/aromatic N) is 4. The topological polar surface area (TPSA) is 69.6 Å². The Morgan fingerprint density at radius 3 is 2.76 bits per heavy atom. The molecule has 3 rings (SSSR count). The summed E-state index contributed by atoms with van der Waals surface area (Å²) in [6.45, 7) is 0.552. The molecule has 0 saturated heterocycles. The zero-order valence-corrected chi connectivity index (χ0v) is 13.2. The van der Waals surface area contributed by atoms with E-state index < -0.39 is 0 Å². The molecule has 0 aliphatic rings. The molecule has 7 heteroatoms. The molecule has 0 atom stereocenters. The van der Waals surface area contributed by atoms with Gasteiger partial charge in [0.1, 0.15) is 0 Å². The van der Waals surface area contributed by atoms with Crippen molar-refractivity contribution in [1.29, 1.82) is 0 Å². The number of hydrogen-bond donors (Lipinski definition) is 1. The molecule has 0 radical (unpaired) electrons. The summed E-state index contributed by atoms with van der Waals surface area (Å²) in [5.74, 6) is 0.625. The molecule has 0 amide bonds. The van der Waals surface area contributed by atoms with Gasteiger partial charge in [-0.3, -0.25) is 0 Å². The lowest BCUT2D eigenvalue weighted by Gasteiger charge is -2.07. The third-order valence-corrected chi connectivity index (χ3v) is 3.98. The maximum atomic E-state index is 6.04. The Morgan fingerprint density at radius 1 is 1.19 bits per heavy atom. The van der Waals surface area contributed by atoms with E-state index in [4.69, 9.17) is 17.3 Å². The fraction of sp³-hybridized carbons (Fsp3) is 0.0714. The monoisotopic (exact) mass is 363 g/mol. The van der Waals surface area contributed by atoms with Crippen LogP contribution < -0.4 is 5.73 Å². The molecular formula is C14H11BrClN5. The van der Waals surface area contributed by atoms with Gasteiger partial charge in [-0.2, -0.15) is 0 Å². The van der Waals surface area contributed by atoms with E-state index in [1.54, 1.807) is 22.9 Å². The Labute approximate surface area is 134 Å². The van der Waals surface area contributed by atoms with Gasteiger partial charge in [0, 0.05) is 20.7 Å². The zero-order valence-electron chi connectivity index (χ0n) is 10.9. The van der Waals surface area contributed by atoms with E-state index in [-0.39, 0.29) is 0 Å². The highest BCUT2D eigenvalue weighted by Gasteiger charge is 2.11. The maximum Gasteiger partial charge on any atom is 0.182 e. The second-order valence-corrected chi connectivity index (χ2v) is 5.82. The standard InChI is InChI=1S/C14H11BrClN5/c15-13-4-2-1-3-9(13)8-21-14(18-19-20-21)10-5-11(16)7-12(17)6-10/h1-7H,8,17H2. The Morgan fingerprint density at radius 2 is 2.00 bits per heavy atom.